The van der Waals surface area contributed by atoms with Gasteiger partial charge >= 0.3 is 12.0 Å². The van der Waals surface area contributed by atoms with Crippen molar-refractivity contribution in [3.63, 3.8) is 0 Å². The Morgan fingerprint density at radius 3 is 2.66 bits per heavy atom. The molecular formula is C25H21N3O7. The zero-order chi connectivity index (χ0) is 25.1. The van der Waals surface area contributed by atoms with E-state index >= 15 is 0 Å². The molecule has 2 aromatic carbocycles. The van der Waals surface area contributed by atoms with Crippen molar-refractivity contribution in [1.82, 2.24) is 10.2 Å². The number of urea groups is 1. The van der Waals surface area contributed by atoms with E-state index in [1.165, 1.54) is 25.3 Å². The number of benzene rings is 2. The molecule has 4 amide bonds. The highest BCUT2D eigenvalue weighted by Crippen LogP contribution is 2.28. The molecule has 0 spiro atoms. The SMILES string of the molecule is COc1ccccc1NC(=O)CN1C(=O)N/C(=C/c2ccc(-c3cc(C(=O)O)ccc3C)o2)C1=O. The molecule has 0 saturated carbocycles. The number of furan rings is 1. The first-order valence-corrected chi connectivity index (χ1v) is 10.5. The molecular weight excluding hydrogens is 454 g/mol. The minimum atomic E-state index is -1.06. The number of carbonyl (C=O) groups excluding carboxylic acids is 3. The summed E-state index contributed by atoms with van der Waals surface area (Å²) in [5.41, 5.74) is 1.86. The van der Waals surface area contributed by atoms with E-state index in [1.54, 1.807) is 42.5 Å². The Morgan fingerprint density at radius 2 is 1.91 bits per heavy atom. The lowest BCUT2D eigenvalue weighted by molar-refractivity contribution is -0.127. The maximum absolute atomic E-state index is 12.7. The molecule has 1 aromatic heterocycles. The topological polar surface area (TPSA) is 138 Å². The number of anilines is 1. The Morgan fingerprint density at radius 1 is 1.14 bits per heavy atom. The first-order chi connectivity index (χ1) is 16.8. The largest absolute Gasteiger partial charge is 0.495 e. The van der Waals surface area contributed by atoms with Crippen LogP contribution in [-0.4, -0.2) is 47.5 Å². The van der Waals surface area contributed by atoms with Crippen LogP contribution in [-0.2, 0) is 9.59 Å². The number of carbonyl (C=O) groups is 4. The molecule has 10 heteroatoms. The smallest absolute Gasteiger partial charge is 0.335 e. The molecule has 0 aliphatic carbocycles. The summed E-state index contributed by atoms with van der Waals surface area (Å²) in [5, 5.41) is 14.3. The van der Waals surface area contributed by atoms with Crippen molar-refractivity contribution in [1.29, 1.82) is 0 Å². The number of hydrogen-bond donors (Lipinski definition) is 3. The fourth-order valence-electron chi connectivity index (χ4n) is 3.53. The van der Waals surface area contributed by atoms with Crippen LogP contribution in [0, 0.1) is 6.92 Å². The third-order valence-corrected chi connectivity index (χ3v) is 5.31. The van der Waals surface area contributed by atoms with Crippen molar-refractivity contribution in [2.45, 2.75) is 6.92 Å². The van der Waals surface area contributed by atoms with Gasteiger partial charge in [0.25, 0.3) is 5.91 Å². The van der Waals surface area contributed by atoms with E-state index in [-0.39, 0.29) is 17.0 Å². The monoisotopic (exact) mass is 475 g/mol. The normalized spacial score (nSPS) is 14.2. The number of rotatable bonds is 7. The van der Waals surface area contributed by atoms with Gasteiger partial charge in [-0.15, -0.1) is 0 Å². The zero-order valence-electron chi connectivity index (χ0n) is 18.8. The van der Waals surface area contributed by atoms with Crippen molar-refractivity contribution in [2.24, 2.45) is 0 Å². The lowest BCUT2D eigenvalue weighted by atomic mass is 10.0. The highest BCUT2D eigenvalue weighted by atomic mass is 16.5. The van der Waals surface area contributed by atoms with Crippen LogP contribution in [0.2, 0.25) is 0 Å². The van der Waals surface area contributed by atoms with Gasteiger partial charge in [0.15, 0.2) is 0 Å². The van der Waals surface area contributed by atoms with E-state index in [0.29, 0.717) is 22.8 Å². The summed E-state index contributed by atoms with van der Waals surface area (Å²) in [4.78, 5) is 49.6. The van der Waals surface area contributed by atoms with Crippen LogP contribution < -0.4 is 15.4 Å². The summed E-state index contributed by atoms with van der Waals surface area (Å²) in [6, 6.07) is 13.9. The maximum Gasteiger partial charge on any atom is 0.335 e. The van der Waals surface area contributed by atoms with Gasteiger partial charge in [0.2, 0.25) is 5.91 Å². The minimum absolute atomic E-state index is 0.0583. The summed E-state index contributed by atoms with van der Waals surface area (Å²) < 4.78 is 10.9. The highest BCUT2D eigenvalue weighted by Gasteiger charge is 2.35. The molecule has 0 atom stereocenters. The number of aromatic carboxylic acids is 1. The van der Waals surface area contributed by atoms with Crippen molar-refractivity contribution in [3.05, 3.63) is 77.2 Å². The van der Waals surface area contributed by atoms with Crippen LogP contribution >= 0.6 is 0 Å². The van der Waals surface area contributed by atoms with E-state index in [9.17, 15) is 24.3 Å². The molecule has 1 saturated heterocycles. The molecule has 4 rings (SSSR count). The molecule has 10 nitrogen and oxygen atoms in total. The van der Waals surface area contributed by atoms with Crippen LogP contribution in [0.25, 0.3) is 17.4 Å². The molecule has 178 valence electrons. The van der Waals surface area contributed by atoms with Gasteiger partial charge in [0, 0.05) is 11.6 Å². The third kappa shape index (κ3) is 4.91. The summed E-state index contributed by atoms with van der Waals surface area (Å²) in [5.74, 6) is -1.21. The molecule has 1 aliphatic heterocycles. The molecule has 2 heterocycles. The van der Waals surface area contributed by atoms with Gasteiger partial charge in [0.1, 0.15) is 29.5 Å². The Hall–Kier alpha value is -4.86. The van der Waals surface area contributed by atoms with E-state index in [1.807, 2.05) is 6.92 Å². The van der Waals surface area contributed by atoms with E-state index in [2.05, 4.69) is 10.6 Å². The average Bonchev–Trinajstić information content (AvgIpc) is 3.39. The zero-order valence-corrected chi connectivity index (χ0v) is 18.8. The van der Waals surface area contributed by atoms with Crippen LogP contribution in [0.15, 0.2) is 64.7 Å². The highest BCUT2D eigenvalue weighted by molar-refractivity contribution is 6.15. The quantitative estimate of drug-likeness (QED) is 0.351. The Balaban J connectivity index is 1.49. The molecule has 0 bridgehead atoms. The van der Waals surface area contributed by atoms with Gasteiger partial charge in [-0.05, 0) is 48.9 Å². The van der Waals surface area contributed by atoms with Gasteiger partial charge < -0.3 is 24.9 Å². The number of carboxylic acid groups (broad SMARTS) is 1. The summed E-state index contributed by atoms with van der Waals surface area (Å²) in [6.45, 7) is 1.32. The van der Waals surface area contributed by atoms with Crippen LogP contribution in [0.4, 0.5) is 10.5 Å². The summed E-state index contributed by atoms with van der Waals surface area (Å²) >= 11 is 0. The van der Waals surface area contributed by atoms with E-state index in [0.717, 1.165) is 10.5 Å². The second kappa shape index (κ2) is 9.56. The molecule has 35 heavy (non-hydrogen) atoms. The van der Waals surface area contributed by atoms with Crippen molar-refractivity contribution in [2.75, 3.05) is 19.0 Å². The fourth-order valence-corrected chi connectivity index (χ4v) is 3.53. The maximum atomic E-state index is 12.7. The first kappa shape index (κ1) is 23.3. The standard InChI is InChI=1S/C25H21N3O7/c1-14-7-8-15(24(31)32)11-17(14)20-10-9-16(35-20)12-19-23(30)28(25(33)27-19)13-22(29)26-18-5-3-4-6-21(18)34-2/h3-12H,13H2,1-2H3,(H,26,29)(H,27,33)(H,31,32)/b19-12+. The number of carboxylic acids is 1. The molecule has 0 radical (unpaired) electrons. The number of amides is 4. The number of nitrogens with one attached hydrogen (secondary N) is 2. The molecule has 0 unspecified atom stereocenters. The van der Waals surface area contributed by atoms with Gasteiger partial charge in [-0.2, -0.15) is 0 Å². The third-order valence-electron chi connectivity index (χ3n) is 5.31. The van der Waals surface area contributed by atoms with E-state index < -0.39 is 30.4 Å². The van der Waals surface area contributed by atoms with Gasteiger partial charge in [-0.3, -0.25) is 9.59 Å². The van der Waals surface area contributed by atoms with Crippen molar-refractivity contribution in [3.8, 4) is 17.1 Å². The van der Waals surface area contributed by atoms with Crippen molar-refractivity contribution < 1.29 is 33.4 Å². The second-order valence-electron chi connectivity index (χ2n) is 7.66. The number of hydrogen-bond acceptors (Lipinski definition) is 6. The summed E-state index contributed by atoms with van der Waals surface area (Å²) in [6.07, 6.45) is 1.35. The summed E-state index contributed by atoms with van der Waals surface area (Å²) in [7, 11) is 1.46. The van der Waals surface area contributed by atoms with Crippen LogP contribution in [0.5, 0.6) is 5.75 Å². The Bertz CT molecular complexity index is 1370. The Kier molecular flexibility index (Phi) is 6.36. The van der Waals surface area contributed by atoms with Crippen molar-refractivity contribution >= 4 is 35.6 Å². The first-order valence-electron chi connectivity index (χ1n) is 10.5. The second-order valence-corrected chi connectivity index (χ2v) is 7.66. The predicted octanol–water partition coefficient (Wildman–Crippen LogP) is 3.49. The lowest BCUT2D eigenvalue weighted by Gasteiger charge is -2.13. The Labute approximate surface area is 199 Å². The number of methoxy groups -OCH3 is 1. The van der Waals surface area contributed by atoms with Crippen LogP contribution in [0.1, 0.15) is 21.7 Å². The molecule has 1 aliphatic rings. The predicted molar refractivity (Wildman–Crippen MR) is 126 cm³/mol. The molecule has 3 N–H and O–H groups in total. The minimum Gasteiger partial charge on any atom is -0.495 e. The lowest BCUT2D eigenvalue weighted by Crippen LogP contribution is -2.38. The number of imide groups is 1. The number of aryl methyl sites for hydroxylation is 1. The molecule has 3 aromatic rings. The average molecular weight is 475 g/mol. The van der Waals surface area contributed by atoms with Gasteiger partial charge in [-0.1, -0.05) is 18.2 Å². The van der Waals surface area contributed by atoms with Gasteiger partial charge in [0.05, 0.1) is 18.4 Å². The van der Waals surface area contributed by atoms with E-state index in [4.69, 9.17) is 9.15 Å². The number of nitrogens with zero attached hydrogens (tertiary/aromatic N) is 1. The van der Waals surface area contributed by atoms with Gasteiger partial charge in [-0.25, -0.2) is 14.5 Å². The number of ether oxygens (including phenoxy) is 1. The van der Waals surface area contributed by atoms with Crippen LogP contribution in [0.3, 0.4) is 0 Å². The fraction of sp³-hybridized carbons (Fsp3) is 0.120. The number of para-hydroxylation sites is 2. The molecule has 1 fully saturated rings.